The molecule has 0 aromatic heterocycles. The van der Waals surface area contributed by atoms with Gasteiger partial charge in [0.1, 0.15) is 0 Å². The molecule has 0 spiro atoms. The molecule has 15 heavy (non-hydrogen) atoms. The molecule has 0 fully saturated rings. The Bertz CT molecular complexity index is 264. The van der Waals surface area contributed by atoms with Gasteiger partial charge < -0.3 is 5.11 Å². The molecule has 0 saturated carbocycles. The largest absolute Gasteiger partial charge is 0.395 e. The van der Waals surface area contributed by atoms with Gasteiger partial charge in [0.05, 0.1) is 12.4 Å². The number of hydrogen-bond donors (Lipinski definition) is 1. The van der Waals surface area contributed by atoms with E-state index in [1.165, 1.54) is 11.4 Å². The Morgan fingerprint density at radius 3 is 2.27 bits per heavy atom. The van der Waals surface area contributed by atoms with Gasteiger partial charge in [-0.1, -0.05) is 20.3 Å². The fourth-order valence-corrected chi connectivity index (χ4v) is 3.18. The number of aliphatic hydroxyl groups is 1. The van der Waals surface area contributed by atoms with Crippen LogP contribution in [-0.4, -0.2) is 43.3 Å². The van der Waals surface area contributed by atoms with Crippen molar-refractivity contribution in [3.63, 3.8) is 0 Å². The smallest absolute Gasteiger partial charge is 0.214 e. The van der Waals surface area contributed by atoms with E-state index >= 15 is 0 Å². The lowest BCUT2D eigenvalue weighted by Gasteiger charge is -2.24. The summed E-state index contributed by atoms with van der Waals surface area (Å²) in [5, 5.41) is 8.90. The topological polar surface area (TPSA) is 57.6 Å². The van der Waals surface area contributed by atoms with Crippen molar-refractivity contribution in [3.8, 4) is 0 Å². The highest BCUT2D eigenvalue weighted by Gasteiger charge is 2.24. The van der Waals surface area contributed by atoms with Crippen LogP contribution in [0, 0.1) is 5.92 Å². The number of nitrogens with zero attached hydrogens (tertiary/aromatic N) is 1. The lowest BCUT2D eigenvalue weighted by Crippen LogP contribution is -2.39. The fraction of sp³-hybridized carbons (Fsp3) is 1.00. The molecule has 5 heteroatoms. The van der Waals surface area contributed by atoms with Gasteiger partial charge in [-0.2, -0.15) is 4.31 Å². The highest BCUT2D eigenvalue weighted by molar-refractivity contribution is 7.89. The van der Waals surface area contributed by atoms with Crippen LogP contribution < -0.4 is 0 Å². The van der Waals surface area contributed by atoms with Gasteiger partial charge in [-0.05, 0) is 19.3 Å². The molecule has 0 radical (unpaired) electrons. The van der Waals surface area contributed by atoms with E-state index in [9.17, 15) is 8.42 Å². The normalized spacial score (nSPS) is 16.7. The van der Waals surface area contributed by atoms with Gasteiger partial charge in [0.2, 0.25) is 10.0 Å². The number of rotatable bonds is 7. The first kappa shape index (κ1) is 14.9. The summed E-state index contributed by atoms with van der Waals surface area (Å²) in [6, 6.07) is -0.344. The average molecular weight is 237 g/mol. The molecule has 0 bridgehead atoms. The molecule has 0 heterocycles. The van der Waals surface area contributed by atoms with Crippen LogP contribution in [0.5, 0.6) is 0 Å². The molecule has 0 aliphatic rings. The van der Waals surface area contributed by atoms with Crippen LogP contribution in [0.1, 0.15) is 33.6 Å². The van der Waals surface area contributed by atoms with Crippen LogP contribution in [-0.2, 0) is 10.0 Å². The zero-order valence-corrected chi connectivity index (χ0v) is 10.9. The molecule has 0 aliphatic heterocycles. The van der Waals surface area contributed by atoms with Gasteiger partial charge in [0.25, 0.3) is 0 Å². The predicted octanol–water partition coefficient (Wildman–Crippen LogP) is 1.06. The first-order valence-electron chi connectivity index (χ1n) is 5.41. The number of sulfonamides is 1. The van der Waals surface area contributed by atoms with Crippen molar-refractivity contribution in [2.45, 2.75) is 39.7 Å². The molecule has 0 aliphatic carbocycles. The molecular weight excluding hydrogens is 214 g/mol. The second-order valence-electron chi connectivity index (χ2n) is 4.22. The Morgan fingerprint density at radius 2 is 1.87 bits per heavy atom. The summed E-state index contributed by atoms with van der Waals surface area (Å²) in [6.07, 6.45) is 1.91. The molecule has 0 amide bonds. The zero-order valence-electron chi connectivity index (χ0n) is 10.1. The molecule has 0 aromatic rings. The fourth-order valence-electron chi connectivity index (χ4n) is 1.44. The van der Waals surface area contributed by atoms with Crippen LogP contribution in [0.3, 0.4) is 0 Å². The minimum Gasteiger partial charge on any atom is -0.395 e. The monoisotopic (exact) mass is 237 g/mol. The molecule has 2 unspecified atom stereocenters. The van der Waals surface area contributed by atoms with E-state index in [1.807, 2.05) is 13.8 Å². The zero-order chi connectivity index (χ0) is 12.1. The Labute approximate surface area is 93.3 Å². The van der Waals surface area contributed by atoms with E-state index in [4.69, 9.17) is 5.11 Å². The Balaban J connectivity index is 4.41. The van der Waals surface area contributed by atoms with Gasteiger partial charge in [-0.3, -0.25) is 0 Å². The molecule has 92 valence electrons. The molecule has 0 aromatic carbocycles. The predicted molar refractivity (Wildman–Crippen MR) is 62.2 cm³/mol. The minimum absolute atomic E-state index is 0.141. The lowest BCUT2D eigenvalue weighted by atomic mass is 10.1. The number of likely N-dealkylation sites (N-methyl/N-ethyl adjacent to an activating group) is 1. The van der Waals surface area contributed by atoms with E-state index in [-0.39, 0.29) is 24.3 Å². The number of hydrogen-bond acceptors (Lipinski definition) is 3. The summed E-state index contributed by atoms with van der Waals surface area (Å²) >= 11 is 0. The third kappa shape index (κ3) is 4.95. The molecule has 0 rings (SSSR count). The van der Waals surface area contributed by atoms with Crippen LogP contribution in [0.2, 0.25) is 0 Å². The highest BCUT2D eigenvalue weighted by Crippen LogP contribution is 2.12. The van der Waals surface area contributed by atoms with Crippen LogP contribution in [0.4, 0.5) is 0 Å². The standard InChI is InChI=1S/C10H23NO3S/c1-5-6-9(2)8-15(13,14)11(4)10(3)7-12/h9-10,12H,5-8H2,1-4H3. The summed E-state index contributed by atoms with van der Waals surface area (Å²) in [5.41, 5.74) is 0. The Morgan fingerprint density at radius 1 is 1.33 bits per heavy atom. The van der Waals surface area contributed by atoms with E-state index in [0.29, 0.717) is 0 Å². The maximum absolute atomic E-state index is 11.8. The van der Waals surface area contributed by atoms with Crippen molar-refractivity contribution < 1.29 is 13.5 Å². The van der Waals surface area contributed by atoms with Crippen molar-refractivity contribution in [2.75, 3.05) is 19.4 Å². The second-order valence-corrected chi connectivity index (χ2v) is 6.29. The van der Waals surface area contributed by atoms with Crippen molar-refractivity contribution in [3.05, 3.63) is 0 Å². The Kier molecular flexibility index (Phi) is 6.40. The maximum atomic E-state index is 11.8. The van der Waals surface area contributed by atoms with E-state index in [0.717, 1.165) is 12.8 Å². The third-order valence-electron chi connectivity index (χ3n) is 2.60. The van der Waals surface area contributed by atoms with Crippen LogP contribution >= 0.6 is 0 Å². The minimum atomic E-state index is -3.22. The molecule has 0 saturated heterocycles. The van der Waals surface area contributed by atoms with E-state index in [1.54, 1.807) is 6.92 Å². The first-order valence-corrected chi connectivity index (χ1v) is 7.02. The molecule has 4 nitrogen and oxygen atoms in total. The summed E-state index contributed by atoms with van der Waals surface area (Å²) in [7, 11) is -1.70. The summed E-state index contributed by atoms with van der Waals surface area (Å²) in [6.45, 7) is 5.54. The van der Waals surface area contributed by atoms with E-state index in [2.05, 4.69) is 0 Å². The van der Waals surface area contributed by atoms with Crippen molar-refractivity contribution >= 4 is 10.0 Å². The molecule has 2 atom stereocenters. The van der Waals surface area contributed by atoms with Crippen LogP contribution in [0.25, 0.3) is 0 Å². The summed E-state index contributed by atoms with van der Waals surface area (Å²) < 4.78 is 24.9. The maximum Gasteiger partial charge on any atom is 0.214 e. The molecular formula is C10H23NO3S. The van der Waals surface area contributed by atoms with Crippen molar-refractivity contribution in [2.24, 2.45) is 5.92 Å². The van der Waals surface area contributed by atoms with Gasteiger partial charge in [0, 0.05) is 13.1 Å². The third-order valence-corrected chi connectivity index (χ3v) is 4.83. The van der Waals surface area contributed by atoms with Gasteiger partial charge in [-0.15, -0.1) is 0 Å². The first-order chi connectivity index (χ1) is 6.85. The average Bonchev–Trinajstić information content (AvgIpc) is 2.15. The lowest BCUT2D eigenvalue weighted by molar-refractivity contribution is 0.213. The SMILES string of the molecule is CCCC(C)CS(=O)(=O)N(C)C(C)CO. The Hall–Kier alpha value is -0.130. The van der Waals surface area contributed by atoms with Gasteiger partial charge in [0.15, 0.2) is 0 Å². The number of aliphatic hydroxyl groups excluding tert-OH is 1. The van der Waals surface area contributed by atoms with Crippen LogP contribution in [0.15, 0.2) is 0 Å². The van der Waals surface area contributed by atoms with Gasteiger partial charge in [-0.25, -0.2) is 8.42 Å². The van der Waals surface area contributed by atoms with Crippen molar-refractivity contribution in [1.29, 1.82) is 0 Å². The second kappa shape index (κ2) is 6.45. The highest BCUT2D eigenvalue weighted by atomic mass is 32.2. The van der Waals surface area contributed by atoms with Crippen molar-refractivity contribution in [1.82, 2.24) is 4.31 Å². The van der Waals surface area contributed by atoms with Gasteiger partial charge >= 0.3 is 0 Å². The quantitative estimate of drug-likeness (QED) is 0.720. The summed E-state index contributed by atoms with van der Waals surface area (Å²) in [5.74, 6) is 0.343. The molecule has 1 N–H and O–H groups in total. The summed E-state index contributed by atoms with van der Waals surface area (Å²) in [4.78, 5) is 0. The van der Waals surface area contributed by atoms with E-state index < -0.39 is 10.0 Å².